The summed E-state index contributed by atoms with van der Waals surface area (Å²) in [6, 6.07) is 0. The molecule has 2 aliphatic rings. The van der Waals surface area contributed by atoms with Crippen molar-refractivity contribution in [3.8, 4) is 0 Å². The van der Waals surface area contributed by atoms with Crippen LogP contribution in [0.5, 0.6) is 0 Å². The van der Waals surface area contributed by atoms with E-state index in [9.17, 15) is 9.59 Å². The van der Waals surface area contributed by atoms with Crippen molar-refractivity contribution in [1.82, 2.24) is 14.9 Å². The summed E-state index contributed by atoms with van der Waals surface area (Å²) in [6.45, 7) is 3.02. The third-order valence-electron chi connectivity index (χ3n) is 5.05. The molecule has 2 aromatic heterocycles. The molecular formula is C18H21N3O2S. The van der Waals surface area contributed by atoms with Crippen LogP contribution in [-0.2, 0) is 25.7 Å². The number of amides is 1. The predicted octanol–water partition coefficient (Wildman–Crippen LogP) is 2.26. The van der Waals surface area contributed by atoms with Crippen molar-refractivity contribution >= 4 is 17.2 Å². The molecular weight excluding hydrogens is 322 g/mol. The summed E-state index contributed by atoms with van der Waals surface area (Å²) in [4.78, 5) is 35.7. The van der Waals surface area contributed by atoms with Crippen LogP contribution in [0.15, 0.2) is 10.2 Å². The van der Waals surface area contributed by atoms with Gasteiger partial charge in [0.15, 0.2) is 0 Å². The minimum atomic E-state index is -0.0558. The summed E-state index contributed by atoms with van der Waals surface area (Å²) in [5.74, 6) is 0.765. The van der Waals surface area contributed by atoms with Crippen molar-refractivity contribution < 1.29 is 4.79 Å². The summed E-state index contributed by atoms with van der Waals surface area (Å²) in [7, 11) is 0. The molecule has 0 aromatic carbocycles. The van der Waals surface area contributed by atoms with Crippen LogP contribution in [-0.4, -0.2) is 33.9 Å². The van der Waals surface area contributed by atoms with E-state index in [0.717, 1.165) is 29.7 Å². The number of carbonyl (C=O) groups excluding carboxylic acids is 1. The van der Waals surface area contributed by atoms with Crippen LogP contribution in [0, 0.1) is 6.92 Å². The zero-order chi connectivity index (χ0) is 16.7. The lowest BCUT2D eigenvalue weighted by molar-refractivity contribution is 0.0762. The van der Waals surface area contributed by atoms with Crippen molar-refractivity contribution in [1.29, 1.82) is 0 Å². The molecule has 0 bridgehead atoms. The fourth-order valence-corrected chi connectivity index (χ4v) is 4.90. The minimum Gasteiger partial charge on any atom is -0.338 e. The lowest BCUT2D eigenvalue weighted by Gasteiger charge is -2.21. The lowest BCUT2D eigenvalue weighted by atomic mass is 9.95. The molecule has 24 heavy (non-hydrogen) atoms. The van der Waals surface area contributed by atoms with Crippen LogP contribution in [0.3, 0.4) is 0 Å². The molecule has 0 saturated heterocycles. The molecule has 1 aliphatic carbocycles. The van der Waals surface area contributed by atoms with Crippen molar-refractivity contribution in [2.45, 2.75) is 45.4 Å². The van der Waals surface area contributed by atoms with Gasteiger partial charge in [0.1, 0.15) is 5.82 Å². The van der Waals surface area contributed by atoms with Crippen molar-refractivity contribution in [3.63, 3.8) is 0 Å². The minimum absolute atomic E-state index is 0.0558. The van der Waals surface area contributed by atoms with Crippen molar-refractivity contribution in [2.75, 3.05) is 13.1 Å². The Balaban J connectivity index is 1.58. The zero-order valence-corrected chi connectivity index (χ0v) is 14.7. The fraction of sp³-hybridized carbons (Fsp3) is 0.500. The summed E-state index contributed by atoms with van der Waals surface area (Å²) in [5, 5.41) is 2.03. The number of aromatic nitrogens is 2. The first-order valence-electron chi connectivity index (χ1n) is 8.60. The molecule has 1 amide bonds. The number of fused-ring (bicyclic) bond motifs is 2. The number of nitrogens with zero attached hydrogens (tertiary/aromatic N) is 2. The van der Waals surface area contributed by atoms with Gasteiger partial charge in [0.25, 0.3) is 11.5 Å². The van der Waals surface area contributed by atoms with E-state index in [0.29, 0.717) is 31.8 Å². The van der Waals surface area contributed by atoms with Gasteiger partial charge in [0, 0.05) is 35.3 Å². The first-order valence-corrected chi connectivity index (χ1v) is 9.48. The van der Waals surface area contributed by atoms with E-state index >= 15 is 0 Å². The zero-order valence-electron chi connectivity index (χ0n) is 13.9. The Morgan fingerprint density at radius 3 is 2.83 bits per heavy atom. The Kier molecular flexibility index (Phi) is 4.00. The topological polar surface area (TPSA) is 66.1 Å². The second-order valence-corrected chi connectivity index (χ2v) is 7.59. The maximum atomic E-state index is 13.0. The Bertz CT molecular complexity index is 852. The number of aromatic amines is 1. The van der Waals surface area contributed by atoms with Crippen LogP contribution in [0.1, 0.15) is 50.7 Å². The van der Waals surface area contributed by atoms with E-state index in [1.54, 1.807) is 18.3 Å². The summed E-state index contributed by atoms with van der Waals surface area (Å²) in [6.07, 6.45) is 5.77. The highest BCUT2D eigenvalue weighted by molar-refractivity contribution is 7.10. The molecule has 0 radical (unpaired) electrons. The molecule has 0 fully saturated rings. The Morgan fingerprint density at radius 2 is 1.96 bits per heavy atom. The SMILES string of the molecule is Cc1nc2c(c(=O)[nH]1)CCN(C(=O)c1csc3c1CCCC3)CC2. The number of carbonyl (C=O) groups is 1. The van der Waals surface area contributed by atoms with Gasteiger partial charge in [-0.1, -0.05) is 0 Å². The highest BCUT2D eigenvalue weighted by atomic mass is 32.1. The Morgan fingerprint density at radius 1 is 1.17 bits per heavy atom. The molecule has 0 unspecified atom stereocenters. The first kappa shape index (κ1) is 15.6. The van der Waals surface area contributed by atoms with Crippen LogP contribution < -0.4 is 5.56 Å². The highest BCUT2D eigenvalue weighted by Gasteiger charge is 2.26. The number of rotatable bonds is 1. The number of nitrogens with one attached hydrogen (secondary N) is 1. The molecule has 0 spiro atoms. The van der Waals surface area contributed by atoms with Crippen molar-refractivity contribution in [3.05, 3.63) is 48.8 Å². The maximum absolute atomic E-state index is 13.0. The van der Waals surface area contributed by atoms with Crippen LogP contribution in [0.25, 0.3) is 0 Å². The smallest absolute Gasteiger partial charge is 0.255 e. The lowest BCUT2D eigenvalue weighted by Crippen LogP contribution is -2.34. The third-order valence-corrected chi connectivity index (χ3v) is 6.14. The van der Waals surface area contributed by atoms with Crippen LogP contribution in [0.2, 0.25) is 0 Å². The fourth-order valence-electron chi connectivity index (χ4n) is 3.78. The maximum Gasteiger partial charge on any atom is 0.255 e. The summed E-state index contributed by atoms with van der Waals surface area (Å²) in [5.41, 5.74) is 3.69. The van der Waals surface area contributed by atoms with Gasteiger partial charge in [-0.15, -0.1) is 11.3 Å². The largest absolute Gasteiger partial charge is 0.338 e. The molecule has 2 aromatic rings. The number of hydrogen-bond acceptors (Lipinski definition) is 4. The second kappa shape index (κ2) is 6.16. The van der Waals surface area contributed by atoms with E-state index in [1.807, 2.05) is 10.3 Å². The molecule has 1 aliphatic heterocycles. The molecule has 0 saturated carbocycles. The van der Waals surface area contributed by atoms with E-state index in [4.69, 9.17) is 0 Å². The standard InChI is InChI=1S/C18H21N3O2S/c1-11-19-15-7-9-21(8-6-13(15)17(22)20-11)18(23)14-10-24-16-5-3-2-4-12(14)16/h10H,2-9H2,1H3,(H,19,20,22). The van der Waals surface area contributed by atoms with Crippen molar-refractivity contribution in [2.24, 2.45) is 0 Å². The van der Waals surface area contributed by atoms with Crippen LogP contribution >= 0.6 is 11.3 Å². The molecule has 4 rings (SSSR count). The van der Waals surface area contributed by atoms with Gasteiger partial charge in [-0.2, -0.15) is 0 Å². The predicted molar refractivity (Wildman–Crippen MR) is 93.9 cm³/mol. The van der Waals surface area contributed by atoms with E-state index in [-0.39, 0.29) is 11.5 Å². The Hall–Kier alpha value is -1.95. The average molecular weight is 343 g/mol. The third kappa shape index (κ3) is 2.69. The Labute approximate surface area is 144 Å². The number of hydrogen-bond donors (Lipinski definition) is 1. The average Bonchev–Trinajstić information content (AvgIpc) is 2.88. The molecule has 1 N–H and O–H groups in total. The van der Waals surface area contributed by atoms with E-state index in [2.05, 4.69) is 9.97 Å². The molecule has 126 valence electrons. The van der Waals surface area contributed by atoms with Gasteiger partial charge in [0.2, 0.25) is 0 Å². The summed E-state index contributed by atoms with van der Waals surface area (Å²) >= 11 is 1.73. The molecule has 0 atom stereocenters. The van der Waals surface area contributed by atoms with Gasteiger partial charge in [-0.05, 0) is 44.6 Å². The van der Waals surface area contributed by atoms with E-state index in [1.165, 1.54) is 23.3 Å². The monoisotopic (exact) mass is 343 g/mol. The molecule has 5 nitrogen and oxygen atoms in total. The second-order valence-electron chi connectivity index (χ2n) is 6.63. The first-order chi connectivity index (χ1) is 11.6. The highest BCUT2D eigenvalue weighted by Crippen LogP contribution is 2.31. The summed E-state index contributed by atoms with van der Waals surface area (Å²) < 4.78 is 0. The number of aryl methyl sites for hydroxylation is 2. The van der Waals surface area contributed by atoms with Gasteiger partial charge in [-0.25, -0.2) is 4.98 Å². The van der Waals surface area contributed by atoms with Gasteiger partial charge in [-0.3, -0.25) is 9.59 Å². The van der Waals surface area contributed by atoms with Crippen LogP contribution in [0.4, 0.5) is 0 Å². The normalized spacial score (nSPS) is 17.1. The number of H-pyrrole nitrogens is 1. The van der Waals surface area contributed by atoms with E-state index < -0.39 is 0 Å². The van der Waals surface area contributed by atoms with Gasteiger partial charge < -0.3 is 9.88 Å². The van der Waals surface area contributed by atoms with Gasteiger partial charge >= 0.3 is 0 Å². The molecule has 3 heterocycles. The van der Waals surface area contributed by atoms with Gasteiger partial charge in [0.05, 0.1) is 11.3 Å². The quantitative estimate of drug-likeness (QED) is 0.864. The number of thiophene rings is 1. The molecule has 6 heteroatoms.